The summed E-state index contributed by atoms with van der Waals surface area (Å²) in [5, 5.41) is 8.97. The van der Waals surface area contributed by atoms with Gasteiger partial charge in [-0.2, -0.15) is 0 Å². The molecular formula is C13H11BrFNO2. The monoisotopic (exact) mass is 311 g/mol. The fraction of sp³-hybridized carbons (Fsp3) is 0.154. The lowest BCUT2D eigenvalue weighted by Crippen LogP contribution is -1.98. The van der Waals surface area contributed by atoms with Gasteiger partial charge in [-0.3, -0.25) is 0 Å². The van der Waals surface area contributed by atoms with E-state index >= 15 is 0 Å². The van der Waals surface area contributed by atoms with E-state index in [1.165, 1.54) is 12.3 Å². The largest absolute Gasteiger partial charge is 0.436 e. The number of rotatable bonds is 3. The molecule has 2 aromatic rings. The second-order valence-corrected chi connectivity index (χ2v) is 4.67. The number of aliphatic hydroxyl groups is 1. The minimum absolute atomic E-state index is 0.132. The van der Waals surface area contributed by atoms with Gasteiger partial charge in [0, 0.05) is 16.2 Å². The van der Waals surface area contributed by atoms with Crippen molar-refractivity contribution < 1.29 is 14.2 Å². The molecule has 0 aliphatic rings. The maximum atomic E-state index is 13.8. The molecule has 0 unspecified atom stereocenters. The Morgan fingerprint density at radius 2 is 2.17 bits per heavy atom. The van der Waals surface area contributed by atoms with Crippen molar-refractivity contribution in [1.29, 1.82) is 0 Å². The molecule has 0 radical (unpaired) electrons. The molecule has 0 aliphatic carbocycles. The van der Waals surface area contributed by atoms with E-state index in [-0.39, 0.29) is 18.1 Å². The van der Waals surface area contributed by atoms with Gasteiger partial charge in [0.05, 0.1) is 6.61 Å². The van der Waals surface area contributed by atoms with Gasteiger partial charge in [0.15, 0.2) is 5.82 Å². The molecule has 5 heteroatoms. The van der Waals surface area contributed by atoms with Crippen LogP contribution in [0.25, 0.3) is 0 Å². The predicted molar refractivity (Wildman–Crippen MR) is 69.1 cm³/mol. The van der Waals surface area contributed by atoms with Gasteiger partial charge in [-0.15, -0.1) is 0 Å². The number of benzene rings is 1. The highest BCUT2D eigenvalue weighted by Crippen LogP contribution is 2.28. The number of ether oxygens (including phenoxy) is 1. The summed E-state index contributed by atoms with van der Waals surface area (Å²) in [6.45, 7) is 1.47. The Bertz CT molecular complexity index is 575. The van der Waals surface area contributed by atoms with E-state index in [4.69, 9.17) is 9.84 Å². The summed E-state index contributed by atoms with van der Waals surface area (Å²) >= 11 is 3.34. The molecule has 2 rings (SSSR count). The van der Waals surface area contributed by atoms with Crippen molar-refractivity contribution in [2.24, 2.45) is 0 Å². The normalized spacial score (nSPS) is 10.4. The molecule has 0 bridgehead atoms. The molecule has 1 aromatic carbocycles. The summed E-state index contributed by atoms with van der Waals surface area (Å²) in [5.41, 5.74) is 1.02. The Kier molecular flexibility index (Phi) is 3.93. The molecule has 0 spiro atoms. The summed E-state index contributed by atoms with van der Waals surface area (Å²) in [5.74, 6) is -0.242. The van der Waals surface area contributed by atoms with Crippen LogP contribution in [0.4, 0.5) is 4.39 Å². The van der Waals surface area contributed by atoms with Crippen LogP contribution in [-0.4, -0.2) is 10.1 Å². The van der Waals surface area contributed by atoms with Gasteiger partial charge in [-0.1, -0.05) is 15.9 Å². The Balaban J connectivity index is 2.34. The van der Waals surface area contributed by atoms with Crippen LogP contribution in [0.5, 0.6) is 11.6 Å². The van der Waals surface area contributed by atoms with E-state index in [0.29, 0.717) is 5.75 Å². The third kappa shape index (κ3) is 2.68. The molecule has 0 atom stereocenters. The fourth-order valence-electron chi connectivity index (χ4n) is 1.49. The number of pyridine rings is 1. The first-order valence-electron chi connectivity index (χ1n) is 5.30. The number of hydrogen-bond donors (Lipinski definition) is 1. The molecule has 0 aliphatic heterocycles. The number of nitrogens with zero attached hydrogens (tertiary/aromatic N) is 1. The van der Waals surface area contributed by atoms with Crippen molar-refractivity contribution in [1.82, 2.24) is 4.98 Å². The molecule has 0 amide bonds. The Morgan fingerprint density at radius 3 is 2.83 bits per heavy atom. The molecule has 94 valence electrons. The van der Waals surface area contributed by atoms with E-state index in [2.05, 4.69) is 20.9 Å². The molecule has 0 fully saturated rings. The van der Waals surface area contributed by atoms with E-state index in [1.807, 2.05) is 13.0 Å². The van der Waals surface area contributed by atoms with Gasteiger partial charge < -0.3 is 9.84 Å². The number of aliphatic hydroxyl groups excluding tert-OH is 1. The zero-order chi connectivity index (χ0) is 13.1. The van der Waals surface area contributed by atoms with Crippen molar-refractivity contribution in [3.8, 4) is 11.6 Å². The van der Waals surface area contributed by atoms with Gasteiger partial charge in [-0.05, 0) is 36.8 Å². The lowest BCUT2D eigenvalue weighted by molar-refractivity contribution is 0.273. The van der Waals surface area contributed by atoms with Crippen molar-refractivity contribution in [2.45, 2.75) is 13.5 Å². The first kappa shape index (κ1) is 13.0. The summed E-state index contributed by atoms with van der Waals surface area (Å²) in [6, 6.07) is 6.81. The van der Waals surface area contributed by atoms with Crippen molar-refractivity contribution >= 4 is 15.9 Å². The third-order valence-corrected chi connectivity index (χ3v) is 2.94. The lowest BCUT2D eigenvalue weighted by atomic mass is 10.2. The summed E-state index contributed by atoms with van der Waals surface area (Å²) in [7, 11) is 0. The average molecular weight is 312 g/mol. The van der Waals surface area contributed by atoms with Gasteiger partial charge in [0.25, 0.3) is 5.88 Å². The van der Waals surface area contributed by atoms with Crippen LogP contribution in [-0.2, 0) is 6.61 Å². The standard InChI is InChI=1S/C13H11BrFNO2/c1-8-6-10(14)2-3-11(8)18-13-12(15)9(7-17)4-5-16-13/h2-6,17H,7H2,1H3. The van der Waals surface area contributed by atoms with Crippen LogP contribution in [0.15, 0.2) is 34.9 Å². The van der Waals surface area contributed by atoms with Crippen LogP contribution in [0.3, 0.4) is 0 Å². The van der Waals surface area contributed by atoms with Gasteiger partial charge in [0.2, 0.25) is 0 Å². The number of aromatic nitrogens is 1. The number of aryl methyl sites for hydroxylation is 1. The van der Waals surface area contributed by atoms with Crippen molar-refractivity contribution in [3.05, 3.63) is 51.9 Å². The topological polar surface area (TPSA) is 42.4 Å². The van der Waals surface area contributed by atoms with E-state index < -0.39 is 5.82 Å². The molecule has 3 nitrogen and oxygen atoms in total. The summed E-state index contributed by atoms with van der Waals surface area (Å²) in [4.78, 5) is 3.83. The molecule has 0 saturated heterocycles. The Labute approximate surface area is 112 Å². The van der Waals surface area contributed by atoms with Crippen molar-refractivity contribution in [2.75, 3.05) is 0 Å². The maximum Gasteiger partial charge on any atom is 0.256 e. The van der Waals surface area contributed by atoms with E-state index in [1.54, 1.807) is 12.1 Å². The molecule has 0 saturated carbocycles. The number of hydrogen-bond acceptors (Lipinski definition) is 3. The third-order valence-electron chi connectivity index (χ3n) is 2.45. The maximum absolute atomic E-state index is 13.8. The SMILES string of the molecule is Cc1cc(Br)ccc1Oc1nccc(CO)c1F. The lowest BCUT2D eigenvalue weighted by Gasteiger charge is -2.10. The van der Waals surface area contributed by atoms with Crippen LogP contribution >= 0.6 is 15.9 Å². The predicted octanol–water partition coefficient (Wildman–Crippen LogP) is 3.58. The van der Waals surface area contributed by atoms with Gasteiger partial charge in [0.1, 0.15) is 5.75 Å². The van der Waals surface area contributed by atoms with Crippen molar-refractivity contribution in [3.63, 3.8) is 0 Å². The highest BCUT2D eigenvalue weighted by atomic mass is 79.9. The Hall–Kier alpha value is -1.46. The molecule has 18 heavy (non-hydrogen) atoms. The second kappa shape index (κ2) is 5.46. The minimum atomic E-state index is -0.637. The highest BCUT2D eigenvalue weighted by molar-refractivity contribution is 9.10. The highest BCUT2D eigenvalue weighted by Gasteiger charge is 2.12. The van der Waals surface area contributed by atoms with E-state index in [9.17, 15) is 4.39 Å². The zero-order valence-corrected chi connectivity index (χ0v) is 11.2. The van der Waals surface area contributed by atoms with Crippen LogP contribution in [0.1, 0.15) is 11.1 Å². The first-order chi connectivity index (χ1) is 8.61. The van der Waals surface area contributed by atoms with Crippen LogP contribution in [0, 0.1) is 12.7 Å². The Morgan fingerprint density at radius 1 is 1.39 bits per heavy atom. The smallest absolute Gasteiger partial charge is 0.256 e. The molecule has 1 aromatic heterocycles. The number of halogens is 2. The summed E-state index contributed by atoms with van der Waals surface area (Å²) in [6.07, 6.45) is 1.40. The summed E-state index contributed by atoms with van der Waals surface area (Å²) < 4.78 is 20.2. The molecule has 1 N–H and O–H groups in total. The first-order valence-corrected chi connectivity index (χ1v) is 6.09. The van der Waals surface area contributed by atoms with E-state index in [0.717, 1.165) is 10.0 Å². The van der Waals surface area contributed by atoms with Crippen LogP contribution in [0.2, 0.25) is 0 Å². The van der Waals surface area contributed by atoms with Crippen LogP contribution < -0.4 is 4.74 Å². The fourth-order valence-corrected chi connectivity index (χ4v) is 1.96. The van der Waals surface area contributed by atoms with Gasteiger partial charge >= 0.3 is 0 Å². The average Bonchev–Trinajstić information content (AvgIpc) is 2.35. The molecule has 1 heterocycles. The minimum Gasteiger partial charge on any atom is -0.436 e. The van der Waals surface area contributed by atoms with Gasteiger partial charge in [-0.25, -0.2) is 9.37 Å². The molecular weight excluding hydrogens is 301 g/mol. The zero-order valence-electron chi connectivity index (χ0n) is 9.65. The quantitative estimate of drug-likeness (QED) is 0.942. The second-order valence-electron chi connectivity index (χ2n) is 3.76.